The molecule has 1 aromatic heterocycles. The lowest BCUT2D eigenvalue weighted by Crippen LogP contribution is -2.61. The molecule has 166 valence electrons. The van der Waals surface area contributed by atoms with Gasteiger partial charge in [0, 0.05) is 31.7 Å². The molecule has 2 aromatic rings. The Hall–Kier alpha value is -2.12. The van der Waals surface area contributed by atoms with Crippen LogP contribution in [0.4, 0.5) is 4.79 Å². The summed E-state index contributed by atoms with van der Waals surface area (Å²) >= 11 is 0. The molecule has 1 aromatic carbocycles. The predicted octanol–water partition coefficient (Wildman–Crippen LogP) is 2.66. The average molecular weight is 425 g/mol. The number of fused-ring (bicyclic) bond motifs is 1. The molecule has 7 rings (SSSR count). The van der Waals surface area contributed by atoms with Crippen molar-refractivity contribution in [3.05, 3.63) is 34.7 Å². The molecular formula is C24H32N4O3. The molecule has 0 atom stereocenters. The maximum Gasteiger partial charge on any atom is 0.337 e. The number of benzene rings is 1. The highest BCUT2D eigenvalue weighted by Gasteiger charge is 2.51. The molecule has 4 bridgehead atoms. The fraction of sp³-hybridized carbons (Fsp3) is 0.667. The van der Waals surface area contributed by atoms with Crippen LogP contribution < -0.4 is 11.0 Å². The Bertz CT molecular complexity index is 1010. The van der Waals surface area contributed by atoms with Gasteiger partial charge < -0.3 is 10.1 Å². The summed E-state index contributed by atoms with van der Waals surface area (Å²) in [5.74, 6) is 2.24. The monoisotopic (exact) mass is 424 g/mol. The predicted molar refractivity (Wildman–Crippen MR) is 118 cm³/mol. The van der Waals surface area contributed by atoms with Crippen LogP contribution in [0.1, 0.15) is 38.5 Å². The van der Waals surface area contributed by atoms with Crippen LogP contribution in [0.25, 0.3) is 11.0 Å². The number of carbonyl (C=O) groups excluding carboxylic acids is 1. The Morgan fingerprint density at radius 3 is 2.23 bits per heavy atom. The van der Waals surface area contributed by atoms with Gasteiger partial charge in [-0.15, -0.1) is 0 Å². The molecule has 2 heterocycles. The highest BCUT2D eigenvalue weighted by Crippen LogP contribution is 2.55. The van der Waals surface area contributed by atoms with Crippen molar-refractivity contribution in [2.45, 2.75) is 50.6 Å². The molecule has 31 heavy (non-hydrogen) atoms. The molecule has 1 aliphatic heterocycles. The number of nitrogens with zero attached hydrogens (tertiary/aromatic N) is 3. The normalized spacial score (nSPS) is 32.6. The molecule has 4 aliphatic carbocycles. The number of amides is 1. The third-order valence-electron chi connectivity index (χ3n) is 8.19. The maximum atomic E-state index is 13.5. The Morgan fingerprint density at radius 1 is 0.968 bits per heavy atom. The first-order valence-corrected chi connectivity index (χ1v) is 11.9. The molecular weight excluding hydrogens is 392 g/mol. The van der Waals surface area contributed by atoms with Crippen molar-refractivity contribution < 1.29 is 9.53 Å². The third-order valence-corrected chi connectivity index (χ3v) is 8.19. The highest BCUT2D eigenvalue weighted by atomic mass is 16.5. The summed E-state index contributed by atoms with van der Waals surface area (Å²) < 4.78 is 8.58. The van der Waals surface area contributed by atoms with Gasteiger partial charge in [0.25, 0.3) is 0 Å². The second-order valence-electron chi connectivity index (χ2n) is 10.3. The van der Waals surface area contributed by atoms with Crippen LogP contribution in [0.3, 0.4) is 0 Å². The molecule has 0 unspecified atom stereocenters. The second kappa shape index (κ2) is 7.48. The van der Waals surface area contributed by atoms with E-state index in [2.05, 4.69) is 10.2 Å². The number of para-hydroxylation sites is 2. The van der Waals surface area contributed by atoms with E-state index in [9.17, 15) is 9.59 Å². The molecule has 1 N–H and O–H groups in total. The Labute approximate surface area is 182 Å². The van der Waals surface area contributed by atoms with Crippen molar-refractivity contribution in [2.24, 2.45) is 17.8 Å². The molecule has 5 aliphatic rings. The molecule has 7 nitrogen and oxygen atoms in total. The topological polar surface area (TPSA) is 68.5 Å². The zero-order valence-electron chi connectivity index (χ0n) is 18.1. The van der Waals surface area contributed by atoms with E-state index in [1.165, 1.54) is 23.8 Å². The van der Waals surface area contributed by atoms with Gasteiger partial charge in [-0.1, -0.05) is 12.1 Å². The van der Waals surface area contributed by atoms with E-state index >= 15 is 0 Å². The maximum absolute atomic E-state index is 13.5. The molecule has 0 spiro atoms. The second-order valence-corrected chi connectivity index (χ2v) is 10.3. The van der Waals surface area contributed by atoms with Crippen LogP contribution in [0.2, 0.25) is 0 Å². The van der Waals surface area contributed by atoms with Crippen LogP contribution >= 0.6 is 0 Å². The quantitative estimate of drug-likeness (QED) is 0.819. The smallest absolute Gasteiger partial charge is 0.337 e. The summed E-state index contributed by atoms with van der Waals surface area (Å²) in [5, 5.41) is 3.38. The van der Waals surface area contributed by atoms with Gasteiger partial charge in [-0.3, -0.25) is 9.47 Å². The molecule has 7 heteroatoms. The van der Waals surface area contributed by atoms with Gasteiger partial charge >= 0.3 is 11.7 Å². The van der Waals surface area contributed by atoms with Crippen molar-refractivity contribution in [3.8, 4) is 0 Å². The fourth-order valence-electron chi connectivity index (χ4n) is 7.23. The first-order chi connectivity index (χ1) is 15.1. The van der Waals surface area contributed by atoms with Crippen LogP contribution in [0, 0.1) is 17.8 Å². The summed E-state index contributed by atoms with van der Waals surface area (Å²) in [6, 6.07) is 7.44. The number of aromatic nitrogens is 2. The zero-order valence-corrected chi connectivity index (χ0v) is 18.1. The Balaban J connectivity index is 1.28. The first-order valence-electron chi connectivity index (χ1n) is 11.9. The summed E-state index contributed by atoms with van der Waals surface area (Å²) in [7, 11) is 0. The van der Waals surface area contributed by atoms with Crippen molar-refractivity contribution in [3.63, 3.8) is 0 Å². The number of hydrogen-bond acceptors (Lipinski definition) is 4. The van der Waals surface area contributed by atoms with Gasteiger partial charge in [-0.25, -0.2) is 14.2 Å². The highest BCUT2D eigenvalue weighted by molar-refractivity contribution is 5.89. The number of carbonyl (C=O) groups is 1. The summed E-state index contributed by atoms with van der Waals surface area (Å²) in [6.45, 7) is 4.62. The number of rotatable bonds is 4. The van der Waals surface area contributed by atoms with Crippen LogP contribution in [0.5, 0.6) is 0 Å². The van der Waals surface area contributed by atoms with E-state index < -0.39 is 0 Å². The Kier molecular flexibility index (Phi) is 4.72. The summed E-state index contributed by atoms with van der Waals surface area (Å²) in [5.41, 5.74) is 1.21. The number of morpholine rings is 1. The van der Waals surface area contributed by atoms with Gasteiger partial charge in [-0.05, 0) is 68.4 Å². The molecule has 0 radical (unpaired) electrons. The van der Waals surface area contributed by atoms with E-state index in [1.807, 2.05) is 24.3 Å². The van der Waals surface area contributed by atoms with Gasteiger partial charge in [0.2, 0.25) is 0 Å². The molecule has 4 saturated carbocycles. The fourth-order valence-corrected chi connectivity index (χ4v) is 7.23. The van der Waals surface area contributed by atoms with E-state index in [4.69, 9.17) is 4.74 Å². The number of nitrogens with one attached hydrogen (secondary N) is 1. The molecule has 1 saturated heterocycles. The zero-order chi connectivity index (χ0) is 21.0. The minimum Gasteiger partial charge on any atom is -0.379 e. The molecule has 1 amide bonds. The van der Waals surface area contributed by atoms with Gasteiger partial charge in [-0.2, -0.15) is 0 Å². The van der Waals surface area contributed by atoms with E-state index in [1.54, 1.807) is 4.57 Å². The van der Waals surface area contributed by atoms with Crippen LogP contribution in [-0.2, 0) is 11.3 Å². The summed E-state index contributed by atoms with van der Waals surface area (Å²) in [6.07, 6.45) is 7.22. The van der Waals surface area contributed by atoms with Gasteiger partial charge in [0.15, 0.2) is 0 Å². The Morgan fingerprint density at radius 2 is 1.58 bits per heavy atom. The third kappa shape index (κ3) is 3.42. The standard InChI is InChI=1S/C24H32N4O3/c29-22(25-24-14-17-11-18(15-24)13-19(12-17)16-24)28-21-4-2-1-3-20(21)27(23(28)30)6-5-26-7-9-31-10-8-26/h1-4,17-19H,5-16H2,(H,25,29). The minimum atomic E-state index is -0.242. The largest absolute Gasteiger partial charge is 0.379 e. The van der Waals surface area contributed by atoms with Crippen molar-refractivity contribution in [1.29, 1.82) is 0 Å². The lowest BCUT2D eigenvalue weighted by atomic mass is 9.53. The summed E-state index contributed by atoms with van der Waals surface area (Å²) in [4.78, 5) is 29.2. The van der Waals surface area contributed by atoms with E-state index in [-0.39, 0.29) is 17.3 Å². The van der Waals surface area contributed by atoms with Gasteiger partial charge in [0.05, 0.1) is 24.2 Å². The van der Waals surface area contributed by atoms with Crippen molar-refractivity contribution in [2.75, 3.05) is 32.8 Å². The molecule has 5 fully saturated rings. The minimum absolute atomic E-state index is 0.109. The van der Waals surface area contributed by atoms with Crippen molar-refractivity contribution in [1.82, 2.24) is 19.4 Å². The first kappa shape index (κ1) is 19.6. The lowest BCUT2D eigenvalue weighted by molar-refractivity contribution is -0.0134. The lowest BCUT2D eigenvalue weighted by Gasteiger charge is -2.56. The van der Waals surface area contributed by atoms with Gasteiger partial charge in [0.1, 0.15) is 0 Å². The SMILES string of the molecule is O=C(NC12CC3CC(CC(C3)C1)C2)n1c(=O)n(CCN2CCOCC2)c2ccccc21. The van der Waals surface area contributed by atoms with Crippen LogP contribution in [-0.4, -0.2) is 58.5 Å². The average Bonchev–Trinajstić information content (AvgIpc) is 3.03. The number of imidazole rings is 1. The van der Waals surface area contributed by atoms with Crippen LogP contribution in [0.15, 0.2) is 29.1 Å². The number of ether oxygens (including phenoxy) is 1. The van der Waals surface area contributed by atoms with Crippen molar-refractivity contribution >= 4 is 17.1 Å². The number of hydrogen-bond donors (Lipinski definition) is 1. The van der Waals surface area contributed by atoms with E-state index in [0.29, 0.717) is 12.1 Å². The van der Waals surface area contributed by atoms with E-state index in [0.717, 1.165) is 75.4 Å².